The van der Waals surface area contributed by atoms with Gasteiger partial charge in [-0.1, -0.05) is 13.0 Å². The molecule has 1 aromatic carbocycles. The van der Waals surface area contributed by atoms with Crippen LogP contribution in [-0.2, 0) is 0 Å². The molecule has 1 aliphatic rings. The van der Waals surface area contributed by atoms with Gasteiger partial charge in [0.2, 0.25) is 0 Å². The van der Waals surface area contributed by atoms with Crippen molar-refractivity contribution in [3.8, 4) is 0 Å². The molecule has 0 spiro atoms. The molecule has 1 amide bonds. The second-order valence-corrected chi connectivity index (χ2v) is 6.82. The Morgan fingerprint density at radius 1 is 1.32 bits per heavy atom. The molecule has 22 heavy (non-hydrogen) atoms. The molecule has 1 saturated heterocycles. The first-order chi connectivity index (χ1) is 10.6. The first kappa shape index (κ1) is 14.9. The van der Waals surface area contributed by atoms with Crippen LogP contribution in [0.4, 0.5) is 17.1 Å². The molecule has 5 heteroatoms. The largest absolute Gasteiger partial charge is 0.397 e. The zero-order valence-corrected chi connectivity index (χ0v) is 13.5. The van der Waals surface area contributed by atoms with Gasteiger partial charge in [-0.05, 0) is 48.4 Å². The fourth-order valence-corrected chi connectivity index (χ4v) is 3.39. The molecule has 1 aromatic heterocycles. The van der Waals surface area contributed by atoms with Gasteiger partial charge in [0.15, 0.2) is 0 Å². The van der Waals surface area contributed by atoms with Crippen LogP contribution in [0.25, 0.3) is 0 Å². The Bertz CT molecular complexity index is 646. The molecule has 116 valence electrons. The maximum Gasteiger partial charge on any atom is 0.265 e. The maximum atomic E-state index is 12.1. The van der Waals surface area contributed by atoms with Crippen LogP contribution in [-0.4, -0.2) is 19.0 Å². The molecule has 0 saturated carbocycles. The van der Waals surface area contributed by atoms with Crippen molar-refractivity contribution in [3.63, 3.8) is 0 Å². The predicted octanol–water partition coefficient (Wildman–Crippen LogP) is 3.82. The average Bonchev–Trinajstić information content (AvgIpc) is 3.03. The van der Waals surface area contributed by atoms with Crippen molar-refractivity contribution in [1.82, 2.24) is 0 Å². The van der Waals surface area contributed by atoms with E-state index in [1.165, 1.54) is 24.2 Å². The molecule has 0 bridgehead atoms. The van der Waals surface area contributed by atoms with Crippen LogP contribution in [0.3, 0.4) is 0 Å². The Hall–Kier alpha value is -2.01. The Labute approximate surface area is 134 Å². The number of nitrogen functional groups attached to an aromatic ring is 1. The third-order valence-corrected chi connectivity index (χ3v) is 5.02. The van der Waals surface area contributed by atoms with Gasteiger partial charge in [0.1, 0.15) is 0 Å². The van der Waals surface area contributed by atoms with Crippen LogP contribution in [0.5, 0.6) is 0 Å². The summed E-state index contributed by atoms with van der Waals surface area (Å²) in [6, 6.07) is 9.46. The number of amides is 1. The van der Waals surface area contributed by atoms with Crippen LogP contribution < -0.4 is 16.0 Å². The molecule has 4 nitrogen and oxygen atoms in total. The second-order valence-electron chi connectivity index (χ2n) is 5.87. The Kier molecular flexibility index (Phi) is 4.34. The lowest BCUT2D eigenvalue weighted by atomic mass is 9.98. The van der Waals surface area contributed by atoms with E-state index in [-0.39, 0.29) is 5.91 Å². The molecular weight excluding hydrogens is 294 g/mol. The van der Waals surface area contributed by atoms with E-state index in [0.717, 1.165) is 36.1 Å². The number of hydrogen-bond donors (Lipinski definition) is 2. The standard InChI is InChI=1S/C17H21N3OS/c1-12-6-8-20(9-7-12)15-5-4-13(11-14(15)18)19-17(21)16-3-2-10-22-16/h2-5,10-12H,6-9,18H2,1H3,(H,19,21). The van der Waals surface area contributed by atoms with E-state index in [2.05, 4.69) is 17.1 Å². The number of carbonyl (C=O) groups is 1. The van der Waals surface area contributed by atoms with Crippen molar-refractivity contribution in [2.75, 3.05) is 29.0 Å². The van der Waals surface area contributed by atoms with E-state index in [0.29, 0.717) is 4.88 Å². The van der Waals surface area contributed by atoms with E-state index >= 15 is 0 Å². The lowest BCUT2D eigenvalue weighted by Crippen LogP contribution is -2.33. The molecule has 0 atom stereocenters. The molecule has 2 heterocycles. The maximum absolute atomic E-state index is 12.1. The van der Waals surface area contributed by atoms with Crippen molar-refractivity contribution in [3.05, 3.63) is 40.6 Å². The number of thiophene rings is 1. The summed E-state index contributed by atoms with van der Waals surface area (Å²) >= 11 is 1.43. The Morgan fingerprint density at radius 3 is 2.73 bits per heavy atom. The minimum absolute atomic E-state index is 0.0889. The smallest absolute Gasteiger partial charge is 0.265 e. The predicted molar refractivity (Wildman–Crippen MR) is 93.7 cm³/mol. The monoisotopic (exact) mass is 315 g/mol. The topological polar surface area (TPSA) is 58.4 Å². The minimum atomic E-state index is -0.0889. The van der Waals surface area contributed by atoms with Crippen molar-refractivity contribution in [2.24, 2.45) is 5.92 Å². The number of rotatable bonds is 3. The first-order valence-electron chi connectivity index (χ1n) is 7.63. The zero-order chi connectivity index (χ0) is 15.5. The Morgan fingerprint density at radius 2 is 2.09 bits per heavy atom. The van der Waals surface area contributed by atoms with E-state index in [1.807, 2.05) is 35.7 Å². The van der Waals surface area contributed by atoms with Gasteiger partial charge in [0.25, 0.3) is 5.91 Å². The number of nitrogens with zero attached hydrogens (tertiary/aromatic N) is 1. The van der Waals surface area contributed by atoms with Gasteiger partial charge in [0, 0.05) is 18.8 Å². The van der Waals surface area contributed by atoms with Gasteiger partial charge in [-0.25, -0.2) is 0 Å². The van der Waals surface area contributed by atoms with Crippen molar-refractivity contribution < 1.29 is 4.79 Å². The van der Waals surface area contributed by atoms with E-state index in [1.54, 1.807) is 0 Å². The quantitative estimate of drug-likeness (QED) is 0.847. The number of nitrogens with one attached hydrogen (secondary N) is 1. The highest BCUT2D eigenvalue weighted by Gasteiger charge is 2.18. The van der Waals surface area contributed by atoms with Gasteiger partial charge in [0.05, 0.1) is 16.3 Å². The van der Waals surface area contributed by atoms with E-state index < -0.39 is 0 Å². The summed E-state index contributed by atoms with van der Waals surface area (Å²) in [5, 5.41) is 4.79. The normalized spacial score (nSPS) is 15.8. The summed E-state index contributed by atoms with van der Waals surface area (Å²) in [5.74, 6) is 0.704. The molecule has 2 aromatic rings. The van der Waals surface area contributed by atoms with Gasteiger partial charge in [-0.3, -0.25) is 4.79 Å². The number of benzene rings is 1. The van der Waals surface area contributed by atoms with Gasteiger partial charge in [-0.15, -0.1) is 11.3 Å². The molecule has 1 fully saturated rings. The fourth-order valence-electron chi connectivity index (χ4n) is 2.77. The first-order valence-corrected chi connectivity index (χ1v) is 8.51. The molecule has 3 N–H and O–H groups in total. The average molecular weight is 315 g/mol. The van der Waals surface area contributed by atoms with Crippen LogP contribution in [0, 0.1) is 5.92 Å². The summed E-state index contributed by atoms with van der Waals surface area (Å²) < 4.78 is 0. The number of piperidine rings is 1. The van der Waals surface area contributed by atoms with Gasteiger partial charge in [-0.2, -0.15) is 0 Å². The van der Waals surface area contributed by atoms with Crippen LogP contribution in [0.1, 0.15) is 29.4 Å². The molecule has 0 radical (unpaired) electrons. The molecule has 3 rings (SSSR count). The third kappa shape index (κ3) is 3.25. The number of anilines is 3. The van der Waals surface area contributed by atoms with Crippen molar-refractivity contribution in [2.45, 2.75) is 19.8 Å². The van der Waals surface area contributed by atoms with Gasteiger partial charge >= 0.3 is 0 Å². The molecule has 1 aliphatic heterocycles. The highest BCUT2D eigenvalue weighted by atomic mass is 32.1. The van der Waals surface area contributed by atoms with Crippen LogP contribution >= 0.6 is 11.3 Å². The highest BCUT2D eigenvalue weighted by molar-refractivity contribution is 7.12. The number of hydrogen-bond acceptors (Lipinski definition) is 4. The highest BCUT2D eigenvalue weighted by Crippen LogP contribution is 2.30. The number of nitrogens with two attached hydrogens (primary N) is 1. The molecule has 0 unspecified atom stereocenters. The van der Waals surface area contributed by atoms with Crippen molar-refractivity contribution >= 4 is 34.3 Å². The van der Waals surface area contributed by atoms with Crippen LogP contribution in [0.2, 0.25) is 0 Å². The Balaban J connectivity index is 1.71. The van der Waals surface area contributed by atoms with Gasteiger partial charge < -0.3 is 16.0 Å². The number of carbonyl (C=O) groups excluding carboxylic acids is 1. The lowest BCUT2D eigenvalue weighted by Gasteiger charge is -2.33. The summed E-state index contributed by atoms with van der Waals surface area (Å²) in [7, 11) is 0. The zero-order valence-electron chi connectivity index (χ0n) is 12.7. The SMILES string of the molecule is CC1CCN(c2ccc(NC(=O)c3cccs3)cc2N)CC1. The second kappa shape index (κ2) is 6.40. The molecular formula is C17H21N3OS. The van der Waals surface area contributed by atoms with E-state index in [4.69, 9.17) is 5.73 Å². The summed E-state index contributed by atoms with van der Waals surface area (Å²) in [6.07, 6.45) is 2.41. The summed E-state index contributed by atoms with van der Waals surface area (Å²) in [5.41, 5.74) is 8.72. The lowest BCUT2D eigenvalue weighted by molar-refractivity contribution is 0.103. The molecule has 0 aliphatic carbocycles. The fraction of sp³-hybridized carbons (Fsp3) is 0.353. The summed E-state index contributed by atoms with van der Waals surface area (Å²) in [4.78, 5) is 15.1. The van der Waals surface area contributed by atoms with E-state index in [9.17, 15) is 4.79 Å². The third-order valence-electron chi connectivity index (χ3n) is 4.15. The van der Waals surface area contributed by atoms with Crippen molar-refractivity contribution in [1.29, 1.82) is 0 Å². The summed E-state index contributed by atoms with van der Waals surface area (Å²) in [6.45, 7) is 4.39. The minimum Gasteiger partial charge on any atom is -0.397 e. The van der Waals surface area contributed by atoms with Crippen LogP contribution in [0.15, 0.2) is 35.7 Å².